The first-order valence-electron chi connectivity index (χ1n) is 4.67. The summed E-state index contributed by atoms with van der Waals surface area (Å²) in [5, 5.41) is 0.869. The molecule has 2 heterocycles. The average Bonchev–Trinajstić information content (AvgIpc) is 2.61. The van der Waals surface area contributed by atoms with Crippen LogP contribution < -0.4 is 0 Å². The van der Waals surface area contributed by atoms with Crippen molar-refractivity contribution in [3.63, 3.8) is 0 Å². The van der Waals surface area contributed by atoms with Crippen LogP contribution >= 0.6 is 0 Å². The van der Waals surface area contributed by atoms with Gasteiger partial charge in [-0.05, 0) is 19.1 Å². The standard InChI is InChI=1S/C10H11NO4S/c1-7(15-16(2,12)13)9-5-8-3-4-14-10(8)6-11-9/h3-7H,1-2H3/t7-/m1/s1. The van der Waals surface area contributed by atoms with Crippen LogP contribution in [0.15, 0.2) is 29.0 Å². The number of hydrogen-bond donors (Lipinski definition) is 0. The van der Waals surface area contributed by atoms with E-state index in [1.54, 1.807) is 31.5 Å². The molecule has 86 valence electrons. The molecule has 0 aliphatic rings. The zero-order chi connectivity index (χ0) is 11.8. The van der Waals surface area contributed by atoms with Crippen molar-refractivity contribution in [3.05, 3.63) is 30.3 Å². The molecule has 0 saturated heterocycles. The minimum atomic E-state index is -3.47. The zero-order valence-electron chi connectivity index (χ0n) is 8.88. The minimum absolute atomic E-state index is 0.555. The first kappa shape index (κ1) is 11.1. The van der Waals surface area contributed by atoms with E-state index >= 15 is 0 Å². The minimum Gasteiger partial charge on any atom is -0.463 e. The molecule has 6 heteroatoms. The molecule has 0 saturated carbocycles. The summed E-state index contributed by atoms with van der Waals surface area (Å²) in [6.07, 6.45) is 3.51. The predicted molar refractivity (Wildman–Crippen MR) is 58.4 cm³/mol. The van der Waals surface area contributed by atoms with Crippen LogP contribution in [0.3, 0.4) is 0 Å². The fourth-order valence-corrected chi connectivity index (χ4v) is 2.04. The highest BCUT2D eigenvalue weighted by Crippen LogP contribution is 2.21. The average molecular weight is 241 g/mol. The Balaban J connectivity index is 2.32. The maximum absolute atomic E-state index is 11.0. The molecule has 0 spiro atoms. The van der Waals surface area contributed by atoms with E-state index in [4.69, 9.17) is 8.60 Å². The SMILES string of the molecule is C[C@@H](OS(C)(=O)=O)c1cc2ccoc2cn1. The third kappa shape index (κ3) is 2.40. The van der Waals surface area contributed by atoms with Crippen molar-refractivity contribution >= 4 is 21.1 Å². The van der Waals surface area contributed by atoms with Crippen LogP contribution in [0.2, 0.25) is 0 Å². The normalized spacial score (nSPS) is 14.1. The van der Waals surface area contributed by atoms with Crippen molar-refractivity contribution in [3.8, 4) is 0 Å². The lowest BCUT2D eigenvalue weighted by molar-refractivity contribution is 0.232. The van der Waals surface area contributed by atoms with Crippen LogP contribution in [0.25, 0.3) is 11.0 Å². The van der Waals surface area contributed by atoms with Crippen molar-refractivity contribution in [2.45, 2.75) is 13.0 Å². The number of hydrogen-bond acceptors (Lipinski definition) is 5. The highest BCUT2D eigenvalue weighted by Gasteiger charge is 2.14. The van der Waals surface area contributed by atoms with Crippen LogP contribution in [0, 0.1) is 0 Å². The van der Waals surface area contributed by atoms with Crippen LogP contribution in [0.4, 0.5) is 0 Å². The summed E-state index contributed by atoms with van der Waals surface area (Å²) in [6, 6.07) is 3.53. The van der Waals surface area contributed by atoms with Crippen molar-refractivity contribution < 1.29 is 17.0 Å². The first-order valence-corrected chi connectivity index (χ1v) is 6.49. The van der Waals surface area contributed by atoms with Gasteiger partial charge in [-0.15, -0.1) is 0 Å². The summed E-state index contributed by atoms with van der Waals surface area (Å²) in [6.45, 7) is 1.63. The largest absolute Gasteiger partial charge is 0.463 e. The predicted octanol–water partition coefficient (Wildman–Crippen LogP) is 1.86. The van der Waals surface area contributed by atoms with Gasteiger partial charge in [-0.2, -0.15) is 8.42 Å². The highest BCUT2D eigenvalue weighted by molar-refractivity contribution is 7.86. The van der Waals surface area contributed by atoms with Gasteiger partial charge < -0.3 is 4.42 Å². The van der Waals surface area contributed by atoms with Crippen molar-refractivity contribution in [2.75, 3.05) is 6.26 Å². The Bertz CT molecular complexity index is 602. The summed E-state index contributed by atoms with van der Waals surface area (Å²) >= 11 is 0. The summed E-state index contributed by atoms with van der Waals surface area (Å²) in [4.78, 5) is 4.08. The zero-order valence-corrected chi connectivity index (χ0v) is 9.69. The maximum Gasteiger partial charge on any atom is 0.265 e. The van der Waals surface area contributed by atoms with E-state index in [1.807, 2.05) is 0 Å². The number of aromatic nitrogens is 1. The fraction of sp³-hybridized carbons (Fsp3) is 0.300. The lowest BCUT2D eigenvalue weighted by Crippen LogP contribution is -2.08. The second kappa shape index (κ2) is 3.88. The molecule has 0 aromatic carbocycles. The molecule has 0 radical (unpaired) electrons. The monoisotopic (exact) mass is 241 g/mol. The smallest absolute Gasteiger partial charge is 0.265 e. The first-order chi connectivity index (χ1) is 7.46. The van der Waals surface area contributed by atoms with Gasteiger partial charge in [0.2, 0.25) is 0 Å². The molecule has 0 bridgehead atoms. The van der Waals surface area contributed by atoms with Gasteiger partial charge in [-0.1, -0.05) is 0 Å². The van der Waals surface area contributed by atoms with Crippen molar-refractivity contribution in [2.24, 2.45) is 0 Å². The molecule has 0 fully saturated rings. The van der Waals surface area contributed by atoms with E-state index in [2.05, 4.69) is 4.98 Å². The van der Waals surface area contributed by atoms with Gasteiger partial charge in [0.05, 0.1) is 24.4 Å². The van der Waals surface area contributed by atoms with E-state index in [1.165, 1.54) is 0 Å². The van der Waals surface area contributed by atoms with E-state index in [0.29, 0.717) is 11.3 Å². The number of nitrogens with zero attached hydrogens (tertiary/aromatic N) is 1. The molecular weight excluding hydrogens is 230 g/mol. The van der Waals surface area contributed by atoms with Gasteiger partial charge in [-0.3, -0.25) is 9.17 Å². The number of rotatable bonds is 3. The molecule has 5 nitrogen and oxygen atoms in total. The van der Waals surface area contributed by atoms with Gasteiger partial charge in [0.25, 0.3) is 10.1 Å². The molecule has 0 amide bonds. The third-order valence-corrected chi connectivity index (χ3v) is 2.74. The van der Waals surface area contributed by atoms with E-state index in [9.17, 15) is 8.42 Å². The Kier molecular flexibility index (Phi) is 2.69. The summed E-state index contributed by atoms with van der Waals surface area (Å²) in [7, 11) is -3.47. The van der Waals surface area contributed by atoms with Crippen LogP contribution in [-0.4, -0.2) is 19.7 Å². The van der Waals surface area contributed by atoms with E-state index < -0.39 is 16.2 Å². The lowest BCUT2D eigenvalue weighted by atomic mass is 10.2. The van der Waals surface area contributed by atoms with Crippen LogP contribution in [0.5, 0.6) is 0 Å². The molecule has 0 unspecified atom stereocenters. The Labute approximate surface area is 93.2 Å². The Morgan fingerprint density at radius 3 is 2.94 bits per heavy atom. The molecular formula is C10H11NO4S. The third-order valence-electron chi connectivity index (χ3n) is 2.10. The maximum atomic E-state index is 11.0. The molecule has 0 N–H and O–H groups in total. The summed E-state index contributed by atoms with van der Waals surface area (Å²) < 4.78 is 31.9. The Morgan fingerprint density at radius 2 is 2.25 bits per heavy atom. The molecule has 1 atom stereocenters. The molecule has 0 aliphatic carbocycles. The second-order valence-corrected chi connectivity index (χ2v) is 5.11. The summed E-state index contributed by atoms with van der Waals surface area (Å²) in [5.74, 6) is 0. The lowest BCUT2D eigenvalue weighted by Gasteiger charge is -2.09. The number of pyridine rings is 1. The van der Waals surface area contributed by atoms with Crippen molar-refractivity contribution in [1.82, 2.24) is 4.98 Å². The molecule has 16 heavy (non-hydrogen) atoms. The van der Waals surface area contributed by atoms with Gasteiger partial charge in [0.15, 0.2) is 5.58 Å². The number of furan rings is 1. The van der Waals surface area contributed by atoms with Gasteiger partial charge >= 0.3 is 0 Å². The second-order valence-electron chi connectivity index (χ2n) is 3.51. The quantitative estimate of drug-likeness (QED) is 0.767. The van der Waals surface area contributed by atoms with Crippen LogP contribution in [0.1, 0.15) is 18.7 Å². The fourth-order valence-electron chi connectivity index (χ4n) is 1.42. The van der Waals surface area contributed by atoms with Gasteiger partial charge in [-0.25, -0.2) is 0 Å². The molecule has 2 aromatic heterocycles. The summed E-state index contributed by atoms with van der Waals surface area (Å²) in [5.41, 5.74) is 1.22. The van der Waals surface area contributed by atoms with E-state index in [-0.39, 0.29) is 0 Å². The molecule has 2 aromatic rings. The van der Waals surface area contributed by atoms with Gasteiger partial charge in [0, 0.05) is 5.39 Å². The van der Waals surface area contributed by atoms with Gasteiger partial charge in [0.1, 0.15) is 6.10 Å². The Morgan fingerprint density at radius 1 is 1.50 bits per heavy atom. The Hall–Kier alpha value is -1.40. The molecule has 0 aliphatic heterocycles. The van der Waals surface area contributed by atoms with Crippen LogP contribution in [-0.2, 0) is 14.3 Å². The van der Waals surface area contributed by atoms with E-state index in [0.717, 1.165) is 11.6 Å². The molecule has 2 rings (SSSR count). The topological polar surface area (TPSA) is 69.4 Å². The number of fused-ring (bicyclic) bond motifs is 1. The van der Waals surface area contributed by atoms with Crippen molar-refractivity contribution in [1.29, 1.82) is 0 Å². The highest BCUT2D eigenvalue weighted by atomic mass is 32.2.